The highest BCUT2D eigenvalue weighted by Gasteiger charge is 2.30. The zero-order valence-electron chi connectivity index (χ0n) is 18.2. The number of aromatic amines is 1. The molecule has 0 amide bonds. The molecule has 1 aliphatic carbocycles. The van der Waals surface area contributed by atoms with Crippen molar-refractivity contribution in [3.63, 3.8) is 0 Å². The summed E-state index contributed by atoms with van der Waals surface area (Å²) in [7, 11) is 1.62. The Bertz CT molecular complexity index is 1250. The molecule has 0 radical (unpaired) electrons. The normalized spacial score (nSPS) is 14.6. The van der Waals surface area contributed by atoms with Gasteiger partial charge in [-0.3, -0.25) is 19.1 Å². The van der Waals surface area contributed by atoms with Crippen LogP contribution in [0, 0.1) is 11.8 Å². The topological polar surface area (TPSA) is 61.2 Å². The molecule has 1 unspecified atom stereocenters. The van der Waals surface area contributed by atoms with Crippen LogP contribution >= 0.6 is 11.6 Å². The molecule has 0 bridgehead atoms. The van der Waals surface area contributed by atoms with Gasteiger partial charge in [-0.05, 0) is 67.5 Å². The van der Waals surface area contributed by atoms with Crippen molar-refractivity contribution in [1.29, 1.82) is 0 Å². The smallest absolute Gasteiger partial charge is 0.266 e. The van der Waals surface area contributed by atoms with Crippen molar-refractivity contribution in [3.8, 4) is 34.1 Å². The van der Waals surface area contributed by atoms with Crippen LogP contribution in [0.15, 0.2) is 59.7 Å². The Labute approximate surface area is 191 Å². The first-order chi connectivity index (χ1) is 15.6. The van der Waals surface area contributed by atoms with Gasteiger partial charge in [0, 0.05) is 23.5 Å². The highest BCUT2D eigenvalue weighted by molar-refractivity contribution is 6.30. The molecule has 1 atom stereocenters. The molecular weight excluding hydrogens is 426 g/mol. The van der Waals surface area contributed by atoms with E-state index in [4.69, 9.17) is 21.1 Å². The number of nitrogens with one attached hydrogen (secondary N) is 1. The van der Waals surface area contributed by atoms with Crippen molar-refractivity contribution in [2.75, 3.05) is 13.7 Å². The first-order valence-corrected chi connectivity index (χ1v) is 11.3. The van der Waals surface area contributed by atoms with E-state index in [1.54, 1.807) is 24.1 Å². The molecular formula is C25H26ClN3O3. The number of aromatic nitrogens is 3. The fraction of sp³-hybridized carbons (Fsp3) is 0.320. The third kappa shape index (κ3) is 3.91. The Kier molecular flexibility index (Phi) is 5.47. The summed E-state index contributed by atoms with van der Waals surface area (Å²) >= 11 is 5.97. The van der Waals surface area contributed by atoms with Gasteiger partial charge in [0.15, 0.2) is 11.5 Å². The Balaban J connectivity index is 1.41. The van der Waals surface area contributed by atoms with Crippen molar-refractivity contribution >= 4 is 11.6 Å². The van der Waals surface area contributed by atoms with Gasteiger partial charge >= 0.3 is 0 Å². The van der Waals surface area contributed by atoms with E-state index in [-0.39, 0.29) is 5.56 Å². The number of fused-ring (bicyclic) bond motifs is 1. The number of ether oxygens (including phenoxy) is 2. The van der Waals surface area contributed by atoms with E-state index >= 15 is 0 Å². The van der Waals surface area contributed by atoms with E-state index < -0.39 is 0 Å². The fourth-order valence-electron chi connectivity index (χ4n) is 4.22. The molecule has 166 valence electrons. The summed E-state index contributed by atoms with van der Waals surface area (Å²) in [4.78, 5) is 13.1. The molecule has 7 heteroatoms. The summed E-state index contributed by atoms with van der Waals surface area (Å²) in [5.74, 6) is 2.72. The van der Waals surface area contributed by atoms with Crippen LogP contribution < -0.4 is 15.0 Å². The quantitative estimate of drug-likeness (QED) is 0.382. The van der Waals surface area contributed by atoms with Gasteiger partial charge in [-0.25, -0.2) is 0 Å². The first-order valence-electron chi connectivity index (χ1n) is 11.0. The fourth-order valence-corrected chi connectivity index (χ4v) is 4.34. The van der Waals surface area contributed by atoms with E-state index in [2.05, 4.69) is 12.0 Å². The molecule has 1 saturated carbocycles. The van der Waals surface area contributed by atoms with E-state index in [0.29, 0.717) is 34.6 Å². The summed E-state index contributed by atoms with van der Waals surface area (Å²) in [6.07, 6.45) is 7.34. The zero-order valence-corrected chi connectivity index (χ0v) is 18.9. The lowest BCUT2D eigenvalue weighted by Gasteiger charge is -2.17. The Morgan fingerprint density at radius 3 is 2.50 bits per heavy atom. The lowest BCUT2D eigenvalue weighted by molar-refractivity contribution is 0.218. The average molecular weight is 452 g/mol. The number of benzene rings is 2. The number of methoxy groups -OCH3 is 1. The molecule has 5 rings (SSSR count). The minimum atomic E-state index is -0.0977. The summed E-state index contributed by atoms with van der Waals surface area (Å²) in [6, 6.07) is 13.0. The largest absolute Gasteiger partial charge is 0.493 e. The number of hydrogen-bond acceptors (Lipinski definition) is 3. The van der Waals surface area contributed by atoms with Crippen LogP contribution in [0.3, 0.4) is 0 Å². The van der Waals surface area contributed by atoms with Crippen LogP contribution in [0.5, 0.6) is 11.5 Å². The number of hydrogen-bond donors (Lipinski definition) is 1. The van der Waals surface area contributed by atoms with Gasteiger partial charge in [-0.1, -0.05) is 18.5 Å². The van der Waals surface area contributed by atoms with Gasteiger partial charge in [0.25, 0.3) is 5.56 Å². The molecule has 1 N–H and O–H groups in total. The van der Waals surface area contributed by atoms with Gasteiger partial charge < -0.3 is 9.47 Å². The molecule has 32 heavy (non-hydrogen) atoms. The standard InChI is InChI=1S/C25H26ClN3O3/c1-3-16(17-4-5-17)15-32-23-11-10-20(12-24(23)31-2)28-14-22-21(25(28)30)13-29(27-22)19-8-6-18(26)7-9-19/h6-14,16-17,27H,3-5,15H2,1-2H3. The van der Waals surface area contributed by atoms with E-state index in [0.717, 1.165) is 29.4 Å². The Morgan fingerprint density at radius 2 is 1.84 bits per heavy atom. The number of H-pyrrole nitrogens is 1. The van der Waals surface area contributed by atoms with Crippen molar-refractivity contribution < 1.29 is 9.47 Å². The third-order valence-electron chi connectivity index (χ3n) is 6.29. The Morgan fingerprint density at radius 1 is 1.09 bits per heavy atom. The molecule has 1 fully saturated rings. The maximum absolute atomic E-state index is 13.1. The lowest BCUT2D eigenvalue weighted by Crippen LogP contribution is -2.14. The van der Waals surface area contributed by atoms with E-state index in [1.807, 2.05) is 47.1 Å². The highest BCUT2D eigenvalue weighted by atomic mass is 35.5. The Hall–Kier alpha value is -3.12. The average Bonchev–Trinajstić information content (AvgIpc) is 3.49. The van der Waals surface area contributed by atoms with Crippen LogP contribution in [0.25, 0.3) is 22.6 Å². The van der Waals surface area contributed by atoms with Crippen molar-refractivity contribution in [3.05, 3.63) is 70.2 Å². The van der Waals surface area contributed by atoms with Crippen molar-refractivity contribution in [2.24, 2.45) is 11.8 Å². The van der Waals surface area contributed by atoms with Gasteiger partial charge in [0.05, 0.1) is 36.3 Å². The molecule has 2 heterocycles. The lowest BCUT2D eigenvalue weighted by atomic mass is 10.0. The predicted molar refractivity (Wildman–Crippen MR) is 126 cm³/mol. The van der Waals surface area contributed by atoms with Gasteiger partial charge in [0.2, 0.25) is 0 Å². The van der Waals surface area contributed by atoms with Crippen molar-refractivity contribution in [2.45, 2.75) is 26.2 Å². The van der Waals surface area contributed by atoms with E-state index in [9.17, 15) is 4.79 Å². The number of halogens is 1. The molecule has 0 saturated heterocycles. The van der Waals surface area contributed by atoms with Gasteiger partial charge in [-0.2, -0.15) is 0 Å². The van der Waals surface area contributed by atoms with Crippen LogP contribution in [0.2, 0.25) is 5.02 Å². The summed E-state index contributed by atoms with van der Waals surface area (Å²) in [6.45, 7) is 2.91. The minimum absolute atomic E-state index is 0.0977. The second kappa shape index (κ2) is 8.43. The van der Waals surface area contributed by atoms with Gasteiger partial charge in [-0.15, -0.1) is 0 Å². The highest BCUT2D eigenvalue weighted by Crippen LogP contribution is 2.39. The molecule has 2 aliphatic heterocycles. The van der Waals surface area contributed by atoms with Crippen LogP contribution in [0.4, 0.5) is 0 Å². The van der Waals surface area contributed by atoms with Gasteiger partial charge in [0.1, 0.15) is 0 Å². The third-order valence-corrected chi connectivity index (χ3v) is 6.54. The summed E-state index contributed by atoms with van der Waals surface area (Å²) in [5.41, 5.74) is 2.89. The minimum Gasteiger partial charge on any atom is -0.493 e. The monoisotopic (exact) mass is 451 g/mol. The van der Waals surface area contributed by atoms with Crippen LogP contribution in [-0.4, -0.2) is 28.1 Å². The molecule has 6 nitrogen and oxygen atoms in total. The second-order valence-corrected chi connectivity index (χ2v) is 8.81. The molecule has 2 aromatic carbocycles. The van der Waals surface area contributed by atoms with E-state index in [1.165, 1.54) is 12.8 Å². The molecule has 3 aliphatic rings. The molecule has 2 aromatic rings. The number of rotatable bonds is 8. The summed E-state index contributed by atoms with van der Waals surface area (Å²) < 4.78 is 15.1. The van der Waals surface area contributed by atoms with Crippen molar-refractivity contribution in [1.82, 2.24) is 14.3 Å². The zero-order chi connectivity index (χ0) is 22.2. The number of nitrogens with zero attached hydrogens (tertiary/aromatic N) is 2. The maximum Gasteiger partial charge on any atom is 0.266 e. The second-order valence-electron chi connectivity index (χ2n) is 8.37. The van der Waals surface area contributed by atoms with Crippen LogP contribution in [0.1, 0.15) is 26.2 Å². The molecule has 0 aromatic heterocycles. The SMILES string of the molecule is CCC(COc1ccc(-n2cc3[nH]n(-c4ccc(Cl)cc4)cc-3c2=O)cc1OC)C1CC1. The van der Waals surface area contributed by atoms with Crippen LogP contribution in [-0.2, 0) is 0 Å². The maximum atomic E-state index is 13.1. The predicted octanol–water partition coefficient (Wildman–Crippen LogP) is 5.54. The molecule has 0 spiro atoms. The first kappa shape index (κ1) is 20.8. The summed E-state index contributed by atoms with van der Waals surface area (Å²) in [5, 5.41) is 3.92.